The molecular weight excluding hydrogens is 308 g/mol. The largest absolute Gasteiger partial charge is 0.287 e. The maximum Gasteiger partial charge on any atom is 0.0720 e. The molecule has 4 nitrogen and oxygen atoms in total. The highest BCUT2D eigenvalue weighted by atomic mass is 15.2. The number of rotatable bonds is 9. The molecule has 1 heterocycles. The lowest BCUT2D eigenvalue weighted by Gasteiger charge is -2.29. The smallest absolute Gasteiger partial charge is 0.0720 e. The van der Waals surface area contributed by atoms with Gasteiger partial charge in [0.25, 0.3) is 0 Å². The van der Waals surface area contributed by atoms with E-state index in [1.807, 2.05) is 18.2 Å². The Labute approximate surface area is 152 Å². The van der Waals surface area contributed by atoms with Crippen molar-refractivity contribution in [2.75, 3.05) is 13.1 Å². The van der Waals surface area contributed by atoms with Crippen molar-refractivity contribution in [2.45, 2.75) is 70.4 Å². The van der Waals surface area contributed by atoms with Gasteiger partial charge >= 0.3 is 0 Å². The third kappa shape index (κ3) is 6.82. The van der Waals surface area contributed by atoms with Gasteiger partial charge in [-0.2, -0.15) is 0 Å². The molecule has 0 saturated carbocycles. The Morgan fingerprint density at radius 1 is 1.24 bits per heavy atom. The van der Waals surface area contributed by atoms with Gasteiger partial charge in [0.05, 0.1) is 6.04 Å². The van der Waals surface area contributed by atoms with Gasteiger partial charge in [-0.15, -0.1) is 0 Å². The topological polar surface area (TPSA) is 52.0 Å². The zero-order valence-electron chi connectivity index (χ0n) is 15.4. The van der Waals surface area contributed by atoms with Crippen LogP contribution in [0.2, 0.25) is 0 Å². The van der Waals surface area contributed by atoms with Crippen LogP contribution in [0.25, 0.3) is 10.4 Å². The molecule has 1 fully saturated rings. The number of azide groups is 1. The number of benzene rings is 1. The van der Waals surface area contributed by atoms with Gasteiger partial charge in [-0.25, -0.2) is 0 Å². The summed E-state index contributed by atoms with van der Waals surface area (Å²) in [5, 5.41) is 3.82. The van der Waals surface area contributed by atoms with Gasteiger partial charge in [-0.1, -0.05) is 74.2 Å². The molecule has 1 aromatic rings. The monoisotopic (exact) mass is 338 g/mol. The number of likely N-dealkylation sites (tertiary alicyclic amines) is 1. The summed E-state index contributed by atoms with van der Waals surface area (Å²) in [5.74, 6) is 6.87. The summed E-state index contributed by atoms with van der Waals surface area (Å²) in [6.45, 7) is 3.88. The van der Waals surface area contributed by atoms with E-state index in [4.69, 9.17) is 5.53 Å². The maximum atomic E-state index is 8.64. The molecule has 0 radical (unpaired) electrons. The van der Waals surface area contributed by atoms with Crippen molar-refractivity contribution in [3.05, 3.63) is 46.3 Å². The molecule has 1 aliphatic rings. The minimum Gasteiger partial charge on any atom is -0.287 e. The predicted molar refractivity (Wildman–Crippen MR) is 104 cm³/mol. The van der Waals surface area contributed by atoms with Crippen LogP contribution in [0.1, 0.15) is 63.9 Å². The second-order valence-electron chi connectivity index (χ2n) is 6.80. The first-order chi connectivity index (χ1) is 12.3. The predicted octanol–water partition coefficient (Wildman–Crippen LogP) is 5.54. The standard InChI is InChI=1S/C21H30N4/c1-2-3-4-5-9-13-20(16-15-19-11-7-6-8-12-19)25-17-10-14-21(25)18-23-24-22/h6-8,11-12,20-21H,2-5,9-10,13-14,17-18H2,1H3/t20-,21-/m0/s1. The van der Waals surface area contributed by atoms with Gasteiger partial charge in [0, 0.05) is 23.1 Å². The van der Waals surface area contributed by atoms with Crippen molar-refractivity contribution in [3.63, 3.8) is 0 Å². The van der Waals surface area contributed by atoms with Crippen LogP contribution >= 0.6 is 0 Å². The maximum absolute atomic E-state index is 8.64. The second kappa shape index (κ2) is 11.6. The van der Waals surface area contributed by atoms with Crippen molar-refractivity contribution < 1.29 is 0 Å². The Balaban J connectivity index is 2.03. The van der Waals surface area contributed by atoms with Crippen LogP contribution in [0.3, 0.4) is 0 Å². The van der Waals surface area contributed by atoms with Crippen LogP contribution in [-0.2, 0) is 0 Å². The average Bonchev–Trinajstić information content (AvgIpc) is 3.11. The first-order valence-corrected chi connectivity index (χ1v) is 9.68. The Bertz CT molecular complexity index is 595. The lowest BCUT2D eigenvalue weighted by atomic mass is 10.0. The SMILES string of the molecule is CCCCCCC[C@@H](C#Cc1ccccc1)N1CCC[C@H]1CN=[N+]=[N-]. The van der Waals surface area contributed by atoms with E-state index in [0.29, 0.717) is 12.6 Å². The molecule has 4 heteroatoms. The van der Waals surface area contributed by atoms with E-state index in [1.165, 1.54) is 38.5 Å². The molecule has 0 aliphatic carbocycles. The normalized spacial score (nSPS) is 18.2. The van der Waals surface area contributed by atoms with E-state index in [0.717, 1.165) is 24.9 Å². The van der Waals surface area contributed by atoms with Crippen molar-refractivity contribution in [1.29, 1.82) is 0 Å². The van der Waals surface area contributed by atoms with Gasteiger partial charge in [-0.05, 0) is 43.5 Å². The molecule has 134 valence electrons. The van der Waals surface area contributed by atoms with Gasteiger partial charge < -0.3 is 0 Å². The summed E-state index contributed by atoms with van der Waals surface area (Å²) < 4.78 is 0. The van der Waals surface area contributed by atoms with E-state index in [-0.39, 0.29) is 6.04 Å². The Morgan fingerprint density at radius 2 is 2.04 bits per heavy atom. The van der Waals surface area contributed by atoms with Crippen molar-refractivity contribution in [1.82, 2.24) is 4.90 Å². The quantitative estimate of drug-likeness (QED) is 0.192. The Kier molecular flexibility index (Phi) is 8.97. The molecule has 0 aromatic heterocycles. The molecule has 0 bridgehead atoms. The molecule has 1 aromatic carbocycles. The molecule has 0 unspecified atom stereocenters. The fourth-order valence-corrected chi connectivity index (χ4v) is 3.55. The second-order valence-corrected chi connectivity index (χ2v) is 6.80. The van der Waals surface area contributed by atoms with E-state index >= 15 is 0 Å². The zero-order chi connectivity index (χ0) is 17.7. The van der Waals surface area contributed by atoms with Gasteiger partial charge in [0.2, 0.25) is 0 Å². The van der Waals surface area contributed by atoms with E-state index in [2.05, 4.69) is 45.8 Å². The van der Waals surface area contributed by atoms with E-state index in [9.17, 15) is 0 Å². The van der Waals surface area contributed by atoms with Crippen LogP contribution in [0.5, 0.6) is 0 Å². The van der Waals surface area contributed by atoms with E-state index < -0.39 is 0 Å². The molecule has 0 spiro atoms. The Morgan fingerprint density at radius 3 is 2.80 bits per heavy atom. The van der Waals surface area contributed by atoms with E-state index in [1.54, 1.807) is 0 Å². The molecule has 0 N–H and O–H groups in total. The highest BCUT2D eigenvalue weighted by molar-refractivity contribution is 5.35. The molecule has 1 aliphatic heterocycles. The minimum absolute atomic E-state index is 0.267. The van der Waals surface area contributed by atoms with Crippen molar-refractivity contribution in [2.24, 2.45) is 5.11 Å². The van der Waals surface area contributed by atoms with Crippen molar-refractivity contribution >= 4 is 0 Å². The first kappa shape index (κ1) is 19.4. The number of unbranched alkanes of at least 4 members (excludes halogenated alkanes) is 4. The number of hydrogen-bond acceptors (Lipinski definition) is 2. The molecule has 2 rings (SSSR count). The molecule has 1 saturated heterocycles. The summed E-state index contributed by atoms with van der Waals surface area (Å²) in [6.07, 6.45) is 9.81. The van der Waals surface area contributed by atoms with Crippen LogP contribution in [0.15, 0.2) is 35.4 Å². The summed E-state index contributed by atoms with van der Waals surface area (Å²) in [7, 11) is 0. The fraction of sp³-hybridized carbons (Fsp3) is 0.619. The highest BCUT2D eigenvalue weighted by Gasteiger charge is 2.29. The molecule has 2 atom stereocenters. The summed E-state index contributed by atoms with van der Waals surface area (Å²) in [6, 6.07) is 10.8. The van der Waals surface area contributed by atoms with Gasteiger partial charge in [-0.3, -0.25) is 4.90 Å². The van der Waals surface area contributed by atoms with Crippen LogP contribution < -0.4 is 0 Å². The third-order valence-corrected chi connectivity index (χ3v) is 4.92. The third-order valence-electron chi connectivity index (χ3n) is 4.92. The van der Waals surface area contributed by atoms with Crippen LogP contribution in [-0.4, -0.2) is 30.1 Å². The van der Waals surface area contributed by atoms with Crippen LogP contribution in [0.4, 0.5) is 0 Å². The minimum atomic E-state index is 0.267. The van der Waals surface area contributed by atoms with Gasteiger partial charge in [0.15, 0.2) is 0 Å². The lowest BCUT2D eigenvalue weighted by Crippen LogP contribution is -2.39. The van der Waals surface area contributed by atoms with Crippen molar-refractivity contribution in [3.8, 4) is 11.8 Å². The highest BCUT2D eigenvalue weighted by Crippen LogP contribution is 2.23. The fourth-order valence-electron chi connectivity index (χ4n) is 3.55. The average molecular weight is 338 g/mol. The molecular formula is C21H30N4. The summed E-state index contributed by atoms with van der Waals surface area (Å²) in [5.41, 5.74) is 9.71. The molecule has 25 heavy (non-hydrogen) atoms. The summed E-state index contributed by atoms with van der Waals surface area (Å²) in [4.78, 5) is 5.42. The first-order valence-electron chi connectivity index (χ1n) is 9.68. The summed E-state index contributed by atoms with van der Waals surface area (Å²) >= 11 is 0. The number of nitrogens with zero attached hydrogens (tertiary/aromatic N) is 4. The van der Waals surface area contributed by atoms with Crippen LogP contribution in [0, 0.1) is 11.8 Å². The Hall–Kier alpha value is -1.95. The lowest BCUT2D eigenvalue weighted by molar-refractivity contribution is 0.209. The van der Waals surface area contributed by atoms with Gasteiger partial charge in [0.1, 0.15) is 0 Å². The molecule has 0 amide bonds. The zero-order valence-corrected chi connectivity index (χ0v) is 15.4. The number of hydrogen-bond donors (Lipinski definition) is 0.